The average Bonchev–Trinajstić information content (AvgIpc) is 2.62. The van der Waals surface area contributed by atoms with Crippen LogP contribution in [-0.2, 0) is 4.79 Å². The first-order chi connectivity index (χ1) is 7.96. The van der Waals surface area contributed by atoms with Gasteiger partial charge in [-0.25, -0.2) is 8.78 Å². The summed E-state index contributed by atoms with van der Waals surface area (Å²) < 4.78 is 25.9. The van der Waals surface area contributed by atoms with Crippen molar-refractivity contribution in [2.75, 3.05) is 26.7 Å². The Kier molecular flexibility index (Phi) is 7.50. The number of rotatable bonds is 2. The molecule has 0 aromatic carbocycles. The van der Waals surface area contributed by atoms with Gasteiger partial charge in [-0.2, -0.15) is 0 Å². The lowest BCUT2D eigenvalue weighted by Crippen LogP contribution is -2.48. The molecule has 2 aliphatic heterocycles. The molecule has 19 heavy (non-hydrogen) atoms. The van der Waals surface area contributed by atoms with Crippen LogP contribution in [0, 0.1) is 0 Å². The predicted octanol–water partition coefficient (Wildman–Crippen LogP) is 1.04. The Bertz CT molecular complexity index is 300. The highest BCUT2D eigenvalue weighted by atomic mass is 35.5. The second kappa shape index (κ2) is 7.57. The summed E-state index contributed by atoms with van der Waals surface area (Å²) in [5, 5.41) is 5.43. The smallest absolute Gasteiger partial charge is 0.262 e. The molecule has 4 nitrogen and oxygen atoms in total. The lowest BCUT2D eigenvalue weighted by Gasteiger charge is -2.30. The largest absolute Gasteiger partial charge is 0.352 e. The van der Waals surface area contributed by atoms with Crippen LogP contribution in [0.15, 0.2) is 0 Å². The highest BCUT2D eigenvalue weighted by Gasteiger charge is 2.42. The van der Waals surface area contributed by atoms with Crippen molar-refractivity contribution in [3.63, 3.8) is 0 Å². The van der Waals surface area contributed by atoms with Gasteiger partial charge in [-0.15, -0.1) is 24.8 Å². The van der Waals surface area contributed by atoms with Gasteiger partial charge in [0.1, 0.15) is 0 Å². The summed E-state index contributed by atoms with van der Waals surface area (Å²) in [7, 11) is 2.04. The number of hydrogen-bond donors (Lipinski definition) is 2. The van der Waals surface area contributed by atoms with Crippen molar-refractivity contribution in [1.29, 1.82) is 0 Å². The standard InChI is InChI=1S/C11H19F2N3O.2ClH/c1-16-4-2-8(3-5-16)15-10(17)9-6-11(12,13)7-14-9;;/h8-9,14H,2-7H2,1H3,(H,15,17);2*1H. The lowest BCUT2D eigenvalue weighted by atomic mass is 10.0. The molecule has 0 aromatic rings. The number of amides is 1. The number of halogens is 4. The zero-order valence-corrected chi connectivity index (χ0v) is 12.5. The minimum absolute atomic E-state index is 0. The van der Waals surface area contributed by atoms with E-state index in [0.717, 1.165) is 25.9 Å². The maximum atomic E-state index is 12.9. The second-order valence-electron chi connectivity index (χ2n) is 5.08. The van der Waals surface area contributed by atoms with Crippen molar-refractivity contribution in [2.24, 2.45) is 0 Å². The van der Waals surface area contributed by atoms with Gasteiger partial charge in [0.25, 0.3) is 5.92 Å². The third-order valence-electron chi connectivity index (χ3n) is 3.49. The molecule has 0 radical (unpaired) electrons. The van der Waals surface area contributed by atoms with E-state index in [1.807, 2.05) is 7.05 Å². The van der Waals surface area contributed by atoms with Crippen LogP contribution in [0.5, 0.6) is 0 Å². The number of carbonyl (C=O) groups is 1. The molecule has 0 bridgehead atoms. The van der Waals surface area contributed by atoms with E-state index in [2.05, 4.69) is 15.5 Å². The van der Waals surface area contributed by atoms with Crippen molar-refractivity contribution < 1.29 is 13.6 Å². The van der Waals surface area contributed by atoms with E-state index in [4.69, 9.17) is 0 Å². The van der Waals surface area contributed by atoms with Crippen molar-refractivity contribution in [3.8, 4) is 0 Å². The Labute approximate surface area is 124 Å². The molecule has 2 heterocycles. The minimum Gasteiger partial charge on any atom is -0.352 e. The van der Waals surface area contributed by atoms with Crippen LogP contribution in [-0.4, -0.2) is 55.5 Å². The lowest BCUT2D eigenvalue weighted by molar-refractivity contribution is -0.124. The first kappa shape index (κ1) is 18.8. The van der Waals surface area contributed by atoms with Gasteiger partial charge in [-0.1, -0.05) is 0 Å². The van der Waals surface area contributed by atoms with Crippen LogP contribution in [0.3, 0.4) is 0 Å². The van der Waals surface area contributed by atoms with E-state index in [1.165, 1.54) is 0 Å². The van der Waals surface area contributed by atoms with Crippen LogP contribution < -0.4 is 10.6 Å². The first-order valence-electron chi connectivity index (χ1n) is 6.06. The van der Waals surface area contributed by atoms with E-state index < -0.39 is 18.5 Å². The fourth-order valence-corrected chi connectivity index (χ4v) is 2.36. The van der Waals surface area contributed by atoms with Crippen LogP contribution in [0.1, 0.15) is 19.3 Å². The fourth-order valence-electron chi connectivity index (χ4n) is 2.36. The molecule has 2 fully saturated rings. The maximum Gasteiger partial charge on any atom is 0.262 e. The first-order valence-corrected chi connectivity index (χ1v) is 6.06. The highest BCUT2D eigenvalue weighted by Crippen LogP contribution is 2.25. The molecular weight excluding hydrogens is 299 g/mol. The van der Waals surface area contributed by atoms with Crippen molar-refractivity contribution in [2.45, 2.75) is 37.3 Å². The zero-order chi connectivity index (χ0) is 12.5. The minimum atomic E-state index is -2.74. The number of likely N-dealkylation sites (tertiary alicyclic amines) is 1. The summed E-state index contributed by atoms with van der Waals surface area (Å²) in [6.07, 6.45) is 1.40. The Morgan fingerprint density at radius 2 is 1.89 bits per heavy atom. The summed E-state index contributed by atoms with van der Waals surface area (Å²) >= 11 is 0. The monoisotopic (exact) mass is 319 g/mol. The van der Waals surface area contributed by atoms with Gasteiger partial charge in [0.05, 0.1) is 12.6 Å². The quantitative estimate of drug-likeness (QED) is 0.799. The summed E-state index contributed by atoms with van der Waals surface area (Å²) in [5.74, 6) is -3.02. The SMILES string of the molecule is CN1CCC(NC(=O)C2CC(F)(F)CN2)CC1.Cl.Cl. The van der Waals surface area contributed by atoms with Crippen LogP contribution in [0.2, 0.25) is 0 Å². The molecular formula is C11H21Cl2F2N3O. The van der Waals surface area contributed by atoms with Gasteiger partial charge in [-0.3, -0.25) is 10.1 Å². The van der Waals surface area contributed by atoms with Gasteiger partial charge in [0, 0.05) is 12.5 Å². The number of nitrogens with zero attached hydrogens (tertiary/aromatic N) is 1. The highest BCUT2D eigenvalue weighted by molar-refractivity contribution is 5.85. The van der Waals surface area contributed by atoms with E-state index in [-0.39, 0.29) is 43.2 Å². The Balaban J connectivity index is 0.00000162. The van der Waals surface area contributed by atoms with Crippen molar-refractivity contribution in [1.82, 2.24) is 15.5 Å². The summed E-state index contributed by atoms with van der Waals surface area (Å²) in [5.41, 5.74) is 0. The average molecular weight is 320 g/mol. The van der Waals surface area contributed by atoms with E-state index in [1.54, 1.807) is 0 Å². The number of carbonyl (C=O) groups excluding carboxylic acids is 1. The Morgan fingerprint density at radius 1 is 1.32 bits per heavy atom. The molecule has 1 unspecified atom stereocenters. The molecule has 0 aliphatic carbocycles. The Hall–Kier alpha value is -0.170. The van der Waals surface area contributed by atoms with E-state index in [0.29, 0.717) is 0 Å². The molecule has 1 amide bonds. The molecule has 0 aromatic heterocycles. The number of alkyl halides is 2. The second-order valence-corrected chi connectivity index (χ2v) is 5.08. The third-order valence-corrected chi connectivity index (χ3v) is 3.49. The number of piperidine rings is 1. The van der Waals surface area contributed by atoms with Crippen molar-refractivity contribution in [3.05, 3.63) is 0 Å². The molecule has 0 saturated carbocycles. The molecule has 2 N–H and O–H groups in total. The molecule has 8 heteroatoms. The summed E-state index contributed by atoms with van der Waals surface area (Å²) in [6, 6.07) is -0.598. The summed E-state index contributed by atoms with van der Waals surface area (Å²) in [6.45, 7) is 1.50. The fraction of sp³-hybridized carbons (Fsp3) is 0.909. The normalized spacial score (nSPS) is 27.2. The van der Waals surface area contributed by atoms with Crippen LogP contribution in [0.4, 0.5) is 8.78 Å². The van der Waals surface area contributed by atoms with Crippen LogP contribution in [0.25, 0.3) is 0 Å². The van der Waals surface area contributed by atoms with E-state index in [9.17, 15) is 13.6 Å². The topological polar surface area (TPSA) is 44.4 Å². The van der Waals surface area contributed by atoms with Crippen LogP contribution >= 0.6 is 24.8 Å². The van der Waals surface area contributed by atoms with Gasteiger partial charge in [0.2, 0.25) is 5.91 Å². The third kappa shape index (κ3) is 5.38. The van der Waals surface area contributed by atoms with Crippen molar-refractivity contribution >= 4 is 30.7 Å². The Morgan fingerprint density at radius 3 is 2.37 bits per heavy atom. The molecule has 1 atom stereocenters. The zero-order valence-electron chi connectivity index (χ0n) is 10.8. The molecule has 114 valence electrons. The van der Waals surface area contributed by atoms with Gasteiger partial charge in [-0.05, 0) is 33.0 Å². The molecule has 2 saturated heterocycles. The predicted molar refractivity (Wildman–Crippen MR) is 74.5 cm³/mol. The number of nitrogens with one attached hydrogen (secondary N) is 2. The number of hydrogen-bond acceptors (Lipinski definition) is 3. The molecule has 2 aliphatic rings. The molecule has 2 rings (SSSR count). The van der Waals surface area contributed by atoms with Gasteiger partial charge >= 0.3 is 0 Å². The summed E-state index contributed by atoms with van der Waals surface area (Å²) in [4.78, 5) is 14.0. The van der Waals surface area contributed by atoms with Gasteiger partial charge in [0.15, 0.2) is 0 Å². The van der Waals surface area contributed by atoms with E-state index >= 15 is 0 Å². The maximum absolute atomic E-state index is 12.9. The van der Waals surface area contributed by atoms with Gasteiger partial charge < -0.3 is 10.2 Å². The molecule has 0 spiro atoms.